The highest BCUT2D eigenvalue weighted by molar-refractivity contribution is 8.00. The molecule has 18 heavy (non-hydrogen) atoms. The lowest BCUT2D eigenvalue weighted by molar-refractivity contribution is 0.196. The van der Waals surface area contributed by atoms with Gasteiger partial charge in [-0.25, -0.2) is 0 Å². The van der Waals surface area contributed by atoms with E-state index < -0.39 is 0 Å². The summed E-state index contributed by atoms with van der Waals surface area (Å²) in [5.74, 6) is 0. The van der Waals surface area contributed by atoms with Crippen molar-refractivity contribution in [3.8, 4) is 0 Å². The summed E-state index contributed by atoms with van der Waals surface area (Å²) in [6, 6.07) is 0. The Bertz CT molecular complexity index is 377. The summed E-state index contributed by atoms with van der Waals surface area (Å²) in [6.45, 7) is 9.94. The average molecular weight is 271 g/mol. The molecule has 0 aliphatic heterocycles. The summed E-state index contributed by atoms with van der Waals surface area (Å²) in [5.41, 5.74) is 2.32. The molecule has 104 valence electrons. The van der Waals surface area contributed by atoms with Crippen LogP contribution in [-0.2, 0) is 13.6 Å². The molecule has 2 atom stereocenters. The van der Waals surface area contributed by atoms with E-state index in [0.717, 1.165) is 30.2 Å². The molecule has 1 aromatic heterocycles. The number of aromatic nitrogens is 2. The van der Waals surface area contributed by atoms with Crippen LogP contribution in [0.5, 0.6) is 0 Å². The van der Waals surface area contributed by atoms with Gasteiger partial charge in [-0.3, -0.25) is 4.68 Å². The van der Waals surface area contributed by atoms with E-state index >= 15 is 0 Å². The predicted molar refractivity (Wildman–Crippen MR) is 76.9 cm³/mol. The van der Waals surface area contributed by atoms with Crippen LogP contribution in [0.25, 0.3) is 0 Å². The van der Waals surface area contributed by atoms with Crippen molar-refractivity contribution in [3.63, 3.8) is 0 Å². The van der Waals surface area contributed by atoms with Crippen LogP contribution in [-0.4, -0.2) is 32.8 Å². The Hall–Kier alpha value is -0.520. The number of aliphatic hydroxyl groups excluding tert-OH is 1. The molecule has 0 aliphatic rings. The monoisotopic (exact) mass is 271 g/mol. The molecule has 5 heteroatoms. The fourth-order valence-electron chi connectivity index (χ4n) is 1.70. The van der Waals surface area contributed by atoms with Gasteiger partial charge in [0.1, 0.15) is 0 Å². The molecule has 0 aliphatic carbocycles. The van der Waals surface area contributed by atoms with Crippen LogP contribution < -0.4 is 5.32 Å². The smallest absolute Gasteiger partial charge is 0.0987 e. The Kier molecular flexibility index (Phi) is 6.18. The van der Waals surface area contributed by atoms with Crippen molar-refractivity contribution >= 4 is 11.8 Å². The number of nitrogens with zero attached hydrogens (tertiary/aromatic N) is 2. The van der Waals surface area contributed by atoms with Crippen molar-refractivity contribution in [2.75, 3.05) is 6.54 Å². The van der Waals surface area contributed by atoms with E-state index in [9.17, 15) is 5.11 Å². The Morgan fingerprint density at radius 3 is 2.67 bits per heavy atom. The van der Waals surface area contributed by atoms with Gasteiger partial charge >= 0.3 is 0 Å². The van der Waals surface area contributed by atoms with Gasteiger partial charge in [0.05, 0.1) is 16.8 Å². The molecule has 0 spiro atoms. The minimum atomic E-state index is -0.318. The van der Waals surface area contributed by atoms with Crippen molar-refractivity contribution in [1.29, 1.82) is 0 Å². The van der Waals surface area contributed by atoms with Gasteiger partial charge in [0.15, 0.2) is 0 Å². The number of hydrogen-bond donors (Lipinski definition) is 2. The van der Waals surface area contributed by atoms with Gasteiger partial charge in [-0.05, 0) is 26.8 Å². The molecule has 0 bridgehead atoms. The van der Waals surface area contributed by atoms with Crippen LogP contribution in [0.1, 0.15) is 38.4 Å². The molecule has 2 unspecified atom stereocenters. The number of hydrogen-bond acceptors (Lipinski definition) is 4. The summed E-state index contributed by atoms with van der Waals surface area (Å²) in [7, 11) is 1.97. The molecule has 1 heterocycles. The van der Waals surface area contributed by atoms with Crippen molar-refractivity contribution < 1.29 is 5.11 Å². The molecule has 0 aromatic carbocycles. The lowest BCUT2D eigenvalue weighted by atomic mass is 10.2. The number of nitrogens with one attached hydrogen (secondary N) is 1. The standard InChI is InChI=1S/C13H25N3OS/c1-6-7-14-8-12-9(2)15-16(5)13(12)18-11(4)10(3)17/h10-11,14,17H,6-8H2,1-5H3. The lowest BCUT2D eigenvalue weighted by Gasteiger charge is -2.15. The second-order valence-corrected chi connectivity index (χ2v) is 6.10. The lowest BCUT2D eigenvalue weighted by Crippen LogP contribution is -2.18. The van der Waals surface area contributed by atoms with Gasteiger partial charge in [-0.15, -0.1) is 11.8 Å². The highest BCUT2D eigenvalue weighted by Crippen LogP contribution is 2.29. The van der Waals surface area contributed by atoms with Crippen LogP contribution in [0.4, 0.5) is 0 Å². The molecule has 0 radical (unpaired) electrons. The van der Waals surface area contributed by atoms with E-state index in [1.165, 1.54) is 5.56 Å². The first kappa shape index (κ1) is 15.5. The second kappa shape index (κ2) is 7.16. The van der Waals surface area contributed by atoms with E-state index in [1.807, 2.05) is 32.5 Å². The third-order valence-corrected chi connectivity index (χ3v) is 4.49. The van der Waals surface area contributed by atoms with Crippen molar-refractivity contribution in [1.82, 2.24) is 15.1 Å². The van der Waals surface area contributed by atoms with Gasteiger partial charge in [0, 0.05) is 24.4 Å². The maximum Gasteiger partial charge on any atom is 0.0987 e. The summed E-state index contributed by atoms with van der Waals surface area (Å²) in [5, 5.41) is 18.8. The normalized spacial score (nSPS) is 14.8. The van der Waals surface area contributed by atoms with Crippen LogP contribution in [0, 0.1) is 6.92 Å². The first-order valence-electron chi connectivity index (χ1n) is 6.55. The van der Waals surface area contributed by atoms with Crippen LogP contribution in [0.3, 0.4) is 0 Å². The van der Waals surface area contributed by atoms with Gasteiger partial charge in [-0.1, -0.05) is 13.8 Å². The minimum absolute atomic E-state index is 0.171. The maximum atomic E-state index is 9.62. The van der Waals surface area contributed by atoms with E-state index in [1.54, 1.807) is 11.8 Å². The van der Waals surface area contributed by atoms with E-state index in [4.69, 9.17) is 0 Å². The summed E-state index contributed by atoms with van der Waals surface area (Å²) in [4.78, 5) is 0. The zero-order chi connectivity index (χ0) is 13.7. The number of aryl methyl sites for hydroxylation is 2. The molecule has 1 aromatic rings. The molecule has 0 amide bonds. The molecule has 0 fully saturated rings. The third-order valence-electron chi connectivity index (χ3n) is 2.99. The number of aliphatic hydroxyl groups is 1. The van der Waals surface area contributed by atoms with Crippen LogP contribution in [0.2, 0.25) is 0 Å². The van der Waals surface area contributed by atoms with Gasteiger partial charge < -0.3 is 10.4 Å². The van der Waals surface area contributed by atoms with Crippen molar-refractivity contribution in [2.45, 2.75) is 57.0 Å². The molecular formula is C13H25N3OS. The molecule has 0 saturated carbocycles. The van der Waals surface area contributed by atoms with E-state index in [0.29, 0.717) is 0 Å². The van der Waals surface area contributed by atoms with Crippen molar-refractivity contribution in [2.24, 2.45) is 7.05 Å². The van der Waals surface area contributed by atoms with Gasteiger partial charge in [-0.2, -0.15) is 5.10 Å². The van der Waals surface area contributed by atoms with E-state index in [-0.39, 0.29) is 11.4 Å². The molecular weight excluding hydrogens is 246 g/mol. The zero-order valence-electron chi connectivity index (χ0n) is 12.0. The summed E-state index contributed by atoms with van der Waals surface area (Å²) < 4.78 is 1.92. The van der Waals surface area contributed by atoms with Crippen LogP contribution >= 0.6 is 11.8 Å². The van der Waals surface area contributed by atoms with Gasteiger partial charge in [0.25, 0.3) is 0 Å². The first-order chi connectivity index (χ1) is 8.47. The number of thioether (sulfide) groups is 1. The summed E-state index contributed by atoms with van der Waals surface area (Å²) in [6.07, 6.45) is 0.813. The molecule has 4 nitrogen and oxygen atoms in total. The average Bonchev–Trinajstić information content (AvgIpc) is 2.55. The quantitative estimate of drug-likeness (QED) is 0.589. The topological polar surface area (TPSA) is 50.1 Å². The van der Waals surface area contributed by atoms with E-state index in [2.05, 4.69) is 17.3 Å². The Morgan fingerprint density at radius 2 is 2.11 bits per heavy atom. The third kappa shape index (κ3) is 4.00. The van der Waals surface area contributed by atoms with Crippen molar-refractivity contribution in [3.05, 3.63) is 11.3 Å². The molecule has 2 N–H and O–H groups in total. The SMILES string of the molecule is CCCNCc1c(C)nn(C)c1SC(C)C(C)O. The Balaban J connectivity index is 2.81. The Morgan fingerprint density at radius 1 is 1.44 bits per heavy atom. The zero-order valence-corrected chi connectivity index (χ0v) is 12.8. The Labute approximate surface area is 114 Å². The number of rotatable bonds is 7. The summed E-state index contributed by atoms with van der Waals surface area (Å²) >= 11 is 1.69. The predicted octanol–water partition coefficient (Wildman–Crippen LogP) is 2.09. The first-order valence-corrected chi connectivity index (χ1v) is 7.43. The fraction of sp³-hybridized carbons (Fsp3) is 0.769. The second-order valence-electron chi connectivity index (χ2n) is 4.73. The largest absolute Gasteiger partial charge is 0.392 e. The molecule has 1 rings (SSSR count). The molecule has 0 saturated heterocycles. The highest BCUT2D eigenvalue weighted by atomic mass is 32.2. The van der Waals surface area contributed by atoms with Crippen LogP contribution in [0.15, 0.2) is 5.03 Å². The fourth-order valence-corrected chi connectivity index (χ4v) is 2.80. The highest BCUT2D eigenvalue weighted by Gasteiger charge is 2.18. The van der Waals surface area contributed by atoms with Gasteiger partial charge in [0.2, 0.25) is 0 Å². The maximum absolute atomic E-state index is 9.62. The minimum Gasteiger partial charge on any atom is -0.392 e.